The topological polar surface area (TPSA) is 70.5 Å². The second-order valence-electron chi connectivity index (χ2n) is 7.24. The van der Waals surface area contributed by atoms with E-state index < -0.39 is 0 Å². The van der Waals surface area contributed by atoms with Gasteiger partial charge in [-0.2, -0.15) is 5.10 Å². The first-order valence-electron chi connectivity index (χ1n) is 9.62. The number of hydrogen-bond donors (Lipinski definition) is 1. The molecule has 7 nitrogen and oxygen atoms in total. The van der Waals surface area contributed by atoms with Gasteiger partial charge in [-0.1, -0.05) is 43.2 Å². The maximum atomic E-state index is 12.6. The molecule has 0 unspecified atom stereocenters. The van der Waals surface area contributed by atoms with Crippen molar-refractivity contribution >= 4 is 17.8 Å². The maximum Gasteiger partial charge on any atom is 0.323 e. The monoisotopic (exact) mass is 367 g/mol. The summed E-state index contributed by atoms with van der Waals surface area (Å²) in [6.07, 6.45) is 6.25. The van der Waals surface area contributed by atoms with Crippen molar-refractivity contribution in [3.05, 3.63) is 48.2 Å². The van der Waals surface area contributed by atoms with Crippen LogP contribution in [0.1, 0.15) is 31.2 Å². The minimum atomic E-state index is -0.246. The molecule has 27 heavy (non-hydrogen) atoms. The third kappa shape index (κ3) is 3.97. The van der Waals surface area contributed by atoms with E-state index in [2.05, 4.69) is 10.4 Å². The van der Waals surface area contributed by atoms with Gasteiger partial charge in [0.25, 0.3) is 0 Å². The van der Waals surface area contributed by atoms with Gasteiger partial charge in [0.2, 0.25) is 5.91 Å². The minimum Gasteiger partial charge on any atom is -0.336 e. The Hall–Kier alpha value is -2.83. The van der Waals surface area contributed by atoms with E-state index in [1.165, 1.54) is 12.8 Å². The molecule has 0 spiro atoms. The van der Waals surface area contributed by atoms with Crippen LogP contribution in [0.4, 0.5) is 10.6 Å². The fraction of sp³-hybridized carbons (Fsp3) is 0.450. The molecule has 2 aromatic rings. The Morgan fingerprint density at radius 3 is 2.63 bits per heavy atom. The number of aromatic nitrogens is 2. The van der Waals surface area contributed by atoms with Crippen molar-refractivity contribution in [1.29, 1.82) is 0 Å². The van der Waals surface area contributed by atoms with Gasteiger partial charge in [0, 0.05) is 25.2 Å². The smallest absolute Gasteiger partial charge is 0.323 e. The van der Waals surface area contributed by atoms with Crippen molar-refractivity contribution in [2.75, 3.05) is 25.0 Å². The Morgan fingerprint density at radius 1 is 1.11 bits per heavy atom. The summed E-state index contributed by atoms with van der Waals surface area (Å²) in [5, 5.41) is 7.20. The van der Waals surface area contributed by atoms with Crippen LogP contribution in [-0.2, 0) is 11.3 Å². The Labute approximate surface area is 158 Å². The Kier molecular flexibility index (Phi) is 5.09. The fourth-order valence-electron chi connectivity index (χ4n) is 3.97. The number of nitrogens with zero attached hydrogens (tertiary/aromatic N) is 4. The van der Waals surface area contributed by atoms with Gasteiger partial charge in [-0.15, -0.1) is 0 Å². The summed E-state index contributed by atoms with van der Waals surface area (Å²) in [5.41, 5.74) is 1.11. The van der Waals surface area contributed by atoms with Crippen molar-refractivity contribution in [2.45, 2.75) is 38.3 Å². The molecule has 1 N–H and O–H groups in total. The zero-order valence-electron chi connectivity index (χ0n) is 15.4. The number of piperazine rings is 1. The molecule has 0 radical (unpaired) electrons. The van der Waals surface area contributed by atoms with Crippen LogP contribution < -0.4 is 5.32 Å². The molecule has 0 atom stereocenters. The maximum absolute atomic E-state index is 12.6. The first-order valence-corrected chi connectivity index (χ1v) is 9.62. The Balaban J connectivity index is 1.36. The third-order valence-corrected chi connectivity index (χ3v) is 5.44. The summed E-state index contributed by atoms with van der Waals surface area (Å²) in [4.78, 5) is 28.7. The zero-order valence-corrected chi connectivity index (χ0v) is 15.4. The van der Waals surface area contributed by atoms with E-state index >= 15 is 0 Å². The number of nitrogens with one attached hydrogen (secondary N) is 1. The van der Waals surface area contributed by atoms with Crippen LogP contribution in [0.25, 0.3) is 0 Å². The lowest BCUT2D eigenvalue weighted by Crippen LogP contribution is -2.55. The molecule has 1 saturated carbocycles. The zero-order chi connectivity index (χ0) is 18.6. The Morgan fingerprint density at radius 2 is 1.89 bits per heavy atom. The average Bonchev–Trinajstić information content (AvgIpc) is 3.35. The van der Waals surface area contributed by atoms with Crippen molar-refractivity contribution < 1.29 is 9.59 Å². The average molecular weight is 367 g/mol. The van der Waals surface area contributed by atoms with Crippen molar-refractivity contribution in [3.63, 3.8) is 0 Å². The highest BCUT2D eigenvalue weighted by molar-refractivity contribution is 5.92. The molecule has 4 rings (SSSR count). The molecule has 2 aliphatic rings. The van der Waals surface area contributed by atoms with Crippen LogP contribution in [0.15, 0.2) is 42.6 Å². The second-order valence-corrected chi connectivity index (χ2v) is 7.24. The number of anilines is 1. The number of carbonyl (C=O) groups excluding carboxylic acids is 2. The van der Waals surface area contributed by atoms with E-state index in [4.69, 9.17) is 0 Å². The quantitative estimate of drug-likeness (QED) is 0.903. The summed E-state index contributed by atoms with van der Waals surface area (Å²) >= 11 is 0. The standard InChI is InChI=1S/C20H25N5O2/c26-19-15-23(12-13-24(19)17-8-4-5-9-17)20(27)22-18-10-11-21-25(18)14-16-6-2-1-3-7-16/h1-3,6-7,10-11,17H,4-5,8-9,12-15H2,(H,22,27). The molecule has 1 aliphatic carbocycles. The summed E-state index contributed by atoms with van der Waals surface area (Å²) in [6.45, 7) is 1.92. The van der Waals surface area contributed by atoms with Gasteiger partial charge in [0.1, 0.15) is 12.4 Å². The lowest BCUT2D eigenvalue weighted by Gasteiger charge is -2.37. The summed E-state index contributed by atoms with van der Waals surface area (Å²) < 4.78 is 1.75. The predicted molar refractivity (Wildman–Crippen MR) is 102 cm³/mol. The number of rotatable bonds is 4. The third-order valence-electron chi connectivity index (χ3n) is 5.44. The van der Waals surface area contributed by atoms with E-state index in [9.17, 15) is 9.59 Å². The minimum absolute atomic E-state index is 0.0566. The fourth-order valence-corrected chi connectivity index (χ4v) is 3.97. The molecular formula is C20H25N5O2. The molecule has 7 heteroatoms. The lowest BCUT2D eigenvalue weighted by atomic mass is 10.2. The van der Waals surface area contributed by atoms with E-state index in [1.807, 2.05) is 35.2 Å². The van der Waals surface area contributed by atoms with E-state index in [0.29, 0.717) is 31.5 Å². The predicted octanol–water partition coefficient (Wildman–Crippen LogP) is 2.55. The van der Waals surface area contributed by atoms with Crippen LogP contribution in [-0.4, -0.2) is 57.2 Å². The first-order chi connectivity index (χ1) is 13.2. The number of amides is 3. The highest BCUT2D eigenvalue weighted by Gasteiger charge is 2.33. The molecule has 3 amide bonds. The number of hydrogen-bond acceptors (Lipinski definition) is 3. The van der Waals surface area contributed by atoms with Crippen molar-refractivity contribution in [1.82, 2.24) is 19.6 Å². The summed E-state index contributed by atoms with van der Waals surface area (Å²) in [6, 6.07) is 11.9. The lowest BCUT2D eigenvalue weighted by molar-refractivity contribution is -0.137. The molecule has 142 valence electrons. The van der Waals surface area contributed by atoms with Crippen LogP contribution in [0.2, 0.25) is 0 Å². The van der Waals surface area contributed by atoms with Gasteiger partial charge in [0.05, 0.1) is 12.7 Å². The molecule has 1 saturated heterocycles. The number of benzene rings is 1. The van der Waals surface area contributed by atoms with Crippen LogP contribution >= 0.6 is 0 Å². The summed E-state index contributed by atoms with van der Waals surface area (Å²) in [7, 11) is 0. The van der Waals surface area contributed by atoms with Gasteiger partial charge in [-0.25, -0.2) is 9.48 Å². The highest BCUT2D eigenvalue weighted by atomic mass is 16.2. The molecule has 2 fully saturated rings. The van der Waals surface area contributed by atoms with Crippen molar-refractivity contribution in [2.24, 2.45) is 0 Å². The van der Waals surface area contributed by atoms with Crippen LogP contribution in [0.5, 0.6) is 0 Å². The molecule has 1 aromatic carbocycles. The van der Waals surface area contributed by atoms with E-state index in [1.54, 1.807) is 21.8 Å². The molecule has 1 aliphatic heterocycles. The molecule has 1 aromatic heterocycles. The number of urea groups is 1. The van der Waals surface area contributed by atoms with Gasteiger partial charge in [0.15, 0.2) is 0 Å². The second kappa shape index (κ2) is 7.82. The van der Waals surface area contributed by atoms with Crippen molar-refractivity contribution in [3.8, 4) is 0 Å². The summed E-state index contributed by atoms with van der Waals surface area (Å²) in [5.74, 6) is 0.690. The SMILES string of the molecule is O=C(Nc1ccnn1Cc1ccccc1)N1CCN(C2CCCC2)C(=O)C1. The van der Waals surface area contributed by atoms with Crippen LogP contribution in [0.3, 0.4) is 0 Å². The van der Waals surface area contributed by atoms with E-state index in [-0.39, 0.29) is 18.5 Å². The van der Waals surface area contributed by atoms with Gasteiger partial charge >= 0.3 is 6.03 Å². The molecular weight excluding hydrogens is 342 g/mol. The molecule has 0 bridgehead atoms. The largest absolute Gasteiger partial charge is 0.336 e. The van der Waals surface area contributed by atoms with Gasteiger partial charge in [-0.05, 0) is 18.4 Å². The van der Waals surface area contributed by atoms with Gasteiger partial charge in [-0.3, -0.25) is 10.1 Å². The first kappa shape index (κ1) is 17.6. The highest BCUT2D eigenvalue weighted by Crippen LogP contribution is 2.25. The Bertz CT molecular complexity index is 798. The molecule has 2 heterocycles. The number of carbonyl (C=O) groups is 2. The van der Waals surface area contributed by atoms with Gasteiger partial charge < -0.3 is 9.80 Å². The normalized spacial score (nSPS) is 18.1. The van der Waals surface area contributed by atoms with Crippen LogP contribution in [0, 0.1) is 0 Å². The van der Waals surface area contributed by atoms with E-state index in [0.717, 1.165) is 18.4 Å².